The van der Waals surface area contributed by atoms with Gasteiger partial charge in [-0.2, -0.15) is 0 Å². The van der Waals surface area contributed by atoms with Crippen LogP contribution in [0.25, 0.3) is 11.1 Å². The van der Waals surface area contributed by atoms with Gasteiger partial charge in [-0.1, -0.05) is 31.2 Å². The first-order valence-corrected chi connectivity index (χ1v) is 7.33. The number of benzene rings is 2. The highest BCUT2D eigenvalue weighted by atomic mass is 16.5. The summed E-state index contributed by atoms with van der Waals surface area (Å²) >= 11 is 0. The average molecular weight is 285 g/mol. The zero-order chi connectivity index (χ0) is 15.1. The van der Waals surface area contributed by atoms with Crippen LogP contribution in [0.15, 0.2) is 42.5 Å². The fourth-order valence-electron chi connectivity index (χ4n) is 2.32. The molecule has 0 fully saturated rings. The van der Waals surface area contributed by atoms with E-state index in [1.807, 2.05) is 31.3 Å². The van der Waals surface area contributed by atoms with Crippen molar-refractivity contribution in [2.75, 3.05) is 20.8 Å². The lowest BCUT2D eigenvalue weighted by molar-refractivity contribution is 0.318. The minimum Gasteiger partial charge on any atom is -0.497 e. The number of rotatable bonds is 7. The van der Waals surface area contributed by atoms with E-state index in [0.717, 1.165) is 36.6 Å². The highest BCUT2D eigenvalue weighted by Crippen LogP contribution is 2.34. The number of ether oxygens (including phenoxy) is 2. The molecule has 2 aromatic carbocycles. The summed E-state index contributed by atoms with van der Waals surface area (Å²) in [4.78, 5) is 0. The fourth-order valence-corrected chi connectivity index (χ4v) is 2.32. The van der Waals surface area contributed by atoms with Crippen molar-refractivity contribution >= 4 is 0 Å². The molecular formula is C18H23NO2. The maximum Gasteiger partial charge on any atom is 0.127 e. The summed E-state index contributed by atoms with van der Waals surface area (Å²) in [5, 5.41) is 3.21. The second-order valence-corrected chi connectivity index (χ2v) is 4.90. The van der Waals surface area contributed by atoms with Gasteiger partial charge in [0.15, 0.2) is 0 Å². The van der Waals surface area contributed by atoms with Gasteiger partial charge in [0.25, 0.3) is 0 Å². The number of para-hydroxylation sites is 1. The molecule has 0 saturated carbocycles. The summed E-state index contributed by atoms with van der Waals surface area (Å²) in [6, 6.07) is 14.3. The molecule has 0 spiro atoms. The Bertz CT molecular complexity index is 581. The van der Waals surface area contributed by atoms with Crippen LogP contribution >= 0.6 is 0 Å². The molecule has 0 aliphatic heterocycles. The van der Waals surface area contributed by atoms with Crippen molar-refractivity contribution < 1.29 is 9.47 Å². The van der Waals surface area contributed by atoms with Crippen molar-refractivity contribution in [2.45, 2.75) is 19.9 Å². The predicted molar refractivity (Wildman–Crippen MR) is 87.0 cm³/mol. The van der Waals surface area contributed by atoms with Gasteiger partial charge in [-0.05, 0) is 42.8 Å². The number of nitrogens with one attached hydrogen (secondary N) is 1. The van der Waals surface area contributed by atoms with Crippen LogP contribution in [0, 0.1) is 0 Å². The molecule has 0 aliphatic rings. The Morgan fingerprint density at radius 2 is 1.86 bits per heavy atom. The first-order valence-electron chi connectivity index (χ1n) is 7.33. The molecule has 0 saturated heterocycles. The first kappa shape index (κ1) is 15.4. The quantitative estimate of drug-likeness (QED) is 0.837. The first-order chi connectivity index (χ1) is 10.3. The summed E-state index contributed by atoms with van der Waals surface area (Å²) in [7, 11) is 3.64. The van der Waals surface area contributed by atoms with Gasteiger partial charge in [-0.15, -0.1) is 0 Å². The summed E-state index contributed by atoms with van der Waals surface area (Å²) in [5.74, 6) is 1.80. The normalized spacial score (nSPS) is 10.4. The smallest absolute Gasteiger partial charge is 0.127 e. The van der Waals surface area contributed by atoms with E-state index in [4.69, 9.17) is 9.47 Å². The summed E-state index contributed by atoms with van der Waals surface area (Å²) in [6.07, 6.45) is 1.00. The Morgan fingerprint density at radius 3 is 2.57 bits per heavy atom. The third-order valence-corrected chi connectivity index (χ3v) is 3.32. The Labute approximate surface area is 126 Å². The zero-order valence-electron chi connectivity index (χ0n) is 13.0. The maximum atomic E-state index is 5.88. The Kier molecular flexibility index (Phi) is 5.64. The van der Waals surface area contributed by atoms with Gasteiger partial charge in [0, 0.05) is 12.1 Å². The molecular weight excluding hydrogens is 262 g/mol. The van der Waals surface area contributed by atoms with E-state index in [9.17, 15) is 0 Å². The molecule has 0 aromatic heterocycles. The van der Waals surface area contributed by atoms with Gasteiger partial charge in [-0.25, -0.2) is 0 Å². The third kappa shape index (κ3) is 3.76. The van der Waals surface area contributed by atoms with Crippen LogP contribution in [0.1, 0.15) is 18.9 Å². The summed E-state index contributed by atoms with van der Waals surface area (Å²) in [5.41, 5.74) is 3.50. The fraction of sp³-hybridized carbons (Fsp3) is 0.333. The van der Waals surface area contributed by atoms with Crippen LogP contribution in [0.2, 0.25) is 0 Å². The van der Waals surface area contributed by atoms with Gasteiger partial charge >= 0.3 is 0 Å². The minimum atomic E-state index is 0.731. The van der Waals surface area contributed by atoms with Crippen molar-refractivity contribution in [3.63, 3.8) is 0 Å². The summed E-state index contributed by atoms with van der Waals surface area (Å²) < 4.78 is 11.2. The molecule has 0 radical (unpaired) electrons. The molecule has 2 rings (SSSR count). The van der Waals surface area contributed by atoms with E-state index < -0.39 is 0 Å². The monoisotopic (exact) mass is 285 g/mol. The SMILES string of the molecule is CCCOc1ccccc1-c1ccc(OC)cc1CNC. The van der Waals surface area contributed by atoms with Crippen LogP contribution < -0.4 is 14.8 Å². The van der Waals surface area contributed by atoms with Crippen LogP contribution in [-0.4, -0.2) is 20.8 Å². The van der Waals surface area contributed by atoms with Crippen molar-refractivity contribution in [1.82, 2.24) is 5.32 Å². The van der Waals surface area contributed by atoms with Crippen molar-refractivity contribution in [3.8, 4) is 22.6 Å². The van der Waals surface area contributed by atoms with Gasteiger partial charge < -0.3 is 14.8 Å². The zero-order valence-corrected chi connectivity index (χ0v) is 13.0. The van der Waals surface area contributed by atoms with Crippen molar-refractivity contribution in [2.24, 2.45) is 0 Å². The van der Waals surface area contributed by atoms with E-state index in [1.165, 1.54) is 11.1 Å². The molecule has 1 N–H and O–H groups in total. The van der Waals surface area contributed by atoms with E-state index in [2.05, 4.69) is 30.4 Å². The van der Waals surface area contributed by atoms with Crippen LogP contribution in [0.5, 0.6) is 11.5 Å². The molecule has 0 aliphatic carbocycles. The second kappa shape index (κ2) is 7.70. The number of hydrogen-bond acceptors (Lipinski definition) is 3. The van der Waals surface area contributed by atoms with Gasteiger partial charge in [0.1, 0.15) is 11.5 Å². The maximum absolute atomic E-state index is 5.88. The molecule has 3 nitrogen and oxygen atoms in total. The van der Waals surface area contributed by atoms with Gasteiger partial charge in [-0.3, -0.25) is 0 Å². The molecule has 0 heterocycles. The van der Waals surface area contributed by atoms with Gasteiger partial charge in [0.2, 0.25) is 0 Å². The Morgan fingerprint density at radius 1 is 1.05 bits per heavy atom. The van der Waals surface area contributed by atoms with Crippen molar-refractivity contribution in [3.05, 3.63) is 48.0 Å². The predicted octanol–water partition coefficient (Wildman–Crippen LogP) is 3.87. The second-order valence-electron chi connectivity index (χ2n) is 4.90. The Hall–Kier alpha value is -2.00. The lowest BCUT2D eigenvalue weighted by Crippen LogP contribution is -2.07. The molecule has 0 amide bonds. The lowest BCUT2D eigenvalue weighted by atomic mass is 9.98. The van der Waals surface area contributed by atoms with Crippen LogP contribution in [0.3, 0.4) is 0 Å². The highest BCUT2D eigenvalue weighted by molar-refractivity contribution is 5.74. The molecule has 112 valence electrons. The molecule has 2 aromatic rings. The Balaban J connectivity index is 2.45. The minimum absolute atomic E-state index is 0.731. The average Bonchev–Trinajstić information content (AvgIpc) is 2.53. The topological polar surface area (TPSA) is 30.5 Å². The molecule has 0 bridgehead atoms. The molecule has 0 atom stereocenters. The van der Waals surface area contributed by atoms with E-state index in [-0.39, 0.29) is 0 Å². The van der Waals surface area contributed by atoms with Crippen molar-refractivity contribution in [1.29, 1.82) is 0 Å². The molecule has 21 heavy (non-hydrogen) atoms. The number of methoxy groups -OCH3 is 1. The van der Waals surface area contributed by atoms with E-state index in [1.54, 1.807) is 7.11 Å². The van der Waals surface area contributed by atoms with E-state index in [0.29, 0.717) is 0 Å². The van der Waals surface area contributed by atoms with Crippen LogP contribution in [0.4, 0.5) is 0 Å². The third-order valence-electron chi connectivity index (χ3n) is 3.32. The standard InChI is InChI=1S/C18H23NO2/c1-4-11-21-18-8-6-5-7-17(18)16-10-9-15(20-3)12-14(16)13-19-2/h5-10,12,19H,4,11,13H2,1-3H3. The van der Waals surface area contributed by atoms with Gasteiger partial charge in [0.05, 0.1) is 13.7 Å². The lowest BCUT2D eigenvalue weighted by Gasteiger charge is -2.15. The molecule has 0 unspecified atom stereocenters. The number of hydrogen-bond donors (Lipinski definition) is 1. The highest BCUT2D eigenvalue weighted by Gasteiger charge is 2.11. The van der Waals surface area contributed by atoms with E-state index >= 15 is 0 Å². The van der Waals surface area contributed by atoms with Crippen LogP contribution in [-0.2, 0) is 6.54 Å². The largest absolute Gasteiger partial charge is 0.497 e. The molecule has 3 heteroatoms. The summed E-state index contributed by atoms with van der Waals surface area (Å²) in [6.45, 7) is 3.63.